The van der Waals surface area contributed by atoms with Gasteiger partial charge in [0.15, 0.2) is 0 Å². The number of carbonyl (C=O) groups excluding carboxylic acids is 1. The summed E-state index contributed by atoms with van der Waals surface area (Å²) in [4.78, 5) is 15.4. The van der Waals surface area contributed by atoms with Gasteiger partial charge >= 0.3 is 0 Å². The molecule has 0 radical (unpaired) electrons. The third-order valence-electron chi connectivity index (χ3n) is 4.33. The molecule has 25 heavy (non-hydrogen) atoms. The number of hydrogen-bond donors (Lipinski definition) is 2. The van der Waals surface area contributed by atoms with E-state index < -0.39 is 0 Å². The van der Waals surface area contributed by atoms with Crippen molar-refractivity contribution < 1.29 is 13.9 Å². The highest BCUT2D eigenvalue weighted by Crippen LogP contribution is 2.29. The topological polar surface area (TPSA) is 54.1 Å². The van der Waals surface area contributed by atoms with Crippen molar-refractivity contribution in [2.45, 2.75) is 19.4 Å². The first kappa shape index (κ1) is 15.8. The van der Waals surface area contributed by atoms with E-state index in [1.54, 1.807) is 12.1 Å². The summed E-state index contributed by atoms with van der Waals surface area (Å²) in [6.45, 7) is 1.36. The van der Waals surface area contributed by atoms with Gasteiger partial charge in [-0.25, -0.2) is 4.39 Å². The van der Waals surface area contributed by atoms with Gasteiger partial charge in [0, 0.05) is 23.2 Å². The van der Waals surface area contributed by atoms with E-state index in [1.165, 1.54) is 25.0 Å². The molecule has 5 heteroatoms. The molecule has 0 atom stereocenters. The smallest absolute Gasteiger partial charge is 0.272 e. The second kappa shape index (κ2) is 6.69. The molecule has 3 aromatic rings. The Hall–Kier alpha value is -2.66. The Morgan fingerprint density at radius 2 is 2.08 bits per heavy atom. The molecule has 0 aliphatic heterocycles. The highest BCUT2D eigenvalue weighted by molar-refractivity contribution is 6.05. The van der Waals surface area contributed by atoms with Crippen LogP contribution in [-0.2, 0) is 11.3 Å². The molecule has 0 bridgehead atoms. The zero-order valence-corrected chi connectivity index (χ0v) is 13.7. The third kappa shape index (κ3) is 3.88. The van der Waals surface area contributed by atoms with Gasteiger partial charge < -0.3 is 15.0 Å². The van der Waals surface area contributed by atoms with E-state index in [1.807, 2.05) is 24.3 Å². The highest BCUT2D eigenvalue weighted by atomic mass is 19.1. The van der Waals surface area contributed by atoms with Crippen molar-refractivity contribution in [3.05, 3.63) is 65.6 Å². The average molecular weight is 338 g/mol. The molecule has 0 spiro atoms. The zero-order chi connectivity index (χ0) is 17.2. The van der Waals surface area contributed by atoms with Crippen LogP contribution in [0.3, 0.4) is 0 Å². The summed E-state index contributed by atoms with van der Waals surface area (Å²) < 4.78 is 19.0. The normalized spacial score (nSPS) is 14.0. The van der Waals surface area contributed by atoms with Gasteiger partial charge in [-0.05, 0) is 60.7 Å². The minimum atomic E-state index is -0.322. The number of nitrogens with one attached hydrogen (secondary N) is 2. The SMILES string of the molecule is O=C(Nc1cccc(COCC2CC2)c1)c1cc2cc(F)ccc2[nH]1. The monoisotopic (exact) mass is 338 g/mol. The fraction of sp³-hybridized carbons (Fsp3) is 0.250. The van der Waals surface area contributed by atoms with Crippen LogP contribution in [0.5, 0.6) is 0 Å². The molecule has 1 saturated carbocycles. The van der Waals surface area contributed by atoms with Crippen molar-refractivity contribution in [1.82, 2.24) is 4.98 Å². The number of fused-ring (bicyclic) bond motifs is 1. The van der Waals surface area contributed by atoms with Gasteiger partial charge in [-0.2, -0.15) is 0 Å². The first-order valence-corrected chi connectivity index (χ1v) is 8.44. The van der Waals surface area contributed by atoms with E-state index in [0.717, 1.165) is 23.6 Å². The summed E-state index contributed by atoms with van der Waals surface area (Å²) in [7, 11) is 0. The Kier molecular flexibility index (Phi) is 4.24. The largest absolute Gasteiger partial charge is 0.376 e. The van der Waals surface area contributed by atoms with Crippen molar-refractivity contribution in [2.24, 2.45) is 5.92 Å². The molecule has 4 nitrogen and oxygen atoms in total. The van der Waals surface area contributed by atoms with Gasteiger partial charge in [-0.1, -0.05) is 12.1 Å². The lowest BCUT2D eigenvalue weighted by molar-refractivity contribution is 0.102. The molecule has 1 amide bonds. The minimum Gasteiger partial charge on any atom is -0.376 e. The molecule has 1 aliphatic rings. The Labute approximate surface area is 145 Å². The van der Waals surface area contributed by atoms with Gasteiger partial charge in [0.25, 0.3) is 5.91 Å². The van der Waals surface area contributed by atoms with E-state index in [2.05, 4.69) is 10.3 Å². The fourth-order valence-electron chi connectivity index (χ4n) is 2.79. The van der Waals surface area contributed by atoms with E-state index in [0.29, 0.717) is 23.4 Å². The third-order valence-corrected chi connectivity index (χ3v) is 4.33. The van der Waals surface area contributed by atoms with Gasteiger partial charge in [-0.3, -0.25) is 4.79 Å². The van der Waals surface area contributed by atoms with Crippen molar-refractivity contribution in [3.63, 3.8) is 0 Å². The van der Waals surface area contributed by atoms with Crippen molar-refractivity contribution >= 4 is 22.5 Å². The van der Waals surface area contributed by atoms with Crippen LogP contribution in [-0.4, -0.2) is 17.5 Å². The van der Waals surface area contributed by atoms with E-state index in [9.17, 15) is 9.18 Å². The molecule has 2 aromatic carbocycles. The number of carbonyl (C=O) groups is 1. The standard InChI is InChI=1S/C20H19FN2O2/c21-16-6-7-18-15(9-16)10-19(23-18)20(24)22-17-3-1-2-14(8-17)12-25-11-13-4-5-13/h1-3,6-10,13,23H,4-5,11-12H2,(H,22,24). The lowest BCUT2D eigenvalue weighted by atomic mass is 10.2. The molecule has 1 heterocycles. The molecule has 128 valence electrons. The maximum Gasteiger partial charge on any atom is 0.272 e. The Bertz CT molecular complexity index is 915. The highest BCUT2D eigenvalue weighted by Gasteiger charge is 2.21. The number of ether oxygens (including phenoxy) is 1. The number of aromatic amines is 1. The summed E-state index contributed by atoms with van der Waals surface area (Å²) in [5, 5.41) is 3.54. The summed E-state index contributed by atoms with van der Waals surface area (Å²) in [6, 6.07) is 13.7. The number of aromatic nitrogens is 1. The number of benzene rings is 2. The van der Waals surface area contributed by atoms with E-state index in [-0.39, 0.29) is 11.7 Å². The summed E-state index contributed by atoms with van der Waals surface area (Å²) in [5.74, 6) is 0.153. The molecular formula is C20H19FN2O2. The van der Waals surface area contributed by atoms with Crippen LogP contribution in [0, 0.1) is 11.7 Å². The second-order valence-corrected chi connectivity index (χ2v) is 6.53. The first-order valence-electron chi connectivity index (χ1n) is 8.44. The van der Waals surface area contributed by atoms with E-state index >= 15 is 0 Å². The summed E-state index contributed by atoms with van der Waals surface area (Å²) in [6.07, 6.45) is 2.54. The van der Waals surface area contributed by atoms with Crippen molar-refractivity contribution in [3.8, 4) is 0 Å². The van der Waals surface area contributed by atoms with Gasteiger partial charge in [0.2, 0.25) is 0 Å². The molecule has 1 fully saturated rings. The number of H-pyrrole nitrogens is 1. The number of anilines is 1. The first-order chi connectivity index (χ1) is 12.2. The van der Waals surface area contributed by atoms with E-state index in [4.69, 9.17) is 4.74 Å². The molecule has 0 saturated heterocycles. The predicted octanol–water partition coefficient (Wildman–Crippen LogP) is 4.49. The molecule has 1 aromatic heterocycles. The van der Waals surface area contributed by atoms with Crippen LogP contribution < -0.4 is 5.32 Å². The maximum atomic E-state index is 13.3. The molecule has 0 unspecified atom stereocenters. The molecule has 1 aliphatic carbocycles. The van der Waals surface area contributed by atoms with Crippen LogP contribution in [0.25, 0.3) is 10.9 Å². The van der Waals surface area contributed by atoms with Crippen LogP contribution in [0.1, 0.15) is 28.9 Å². The zero-order valence-electron chi connectivity index (χ0n) is 13.7. The minimum absolute atomic E-state index is 0.257. The van der Waals surface area contributed by atoms with Crippen LogP contribution in [0.2, 0.25) is 0 Å². The number of rotatable bonds is 6. The second-order valence-electron chi connectivity index (χ2n) is 6.53. The fourth-order valence-corrected chi connectivity index (χ4v) is 2.79. The van der Waals surface area contributed by atoms with Crippen molar-refractivity contribution in [1.29, 1.82) is 0 Å². The maximum absolute atomic E-state index is 13.3. The number of halogens is 1. The van der Waals surface area contributed by atoms with Crippen LogP contribution >= 0.6 is 0 Å². The van der Waals surface area contributed by atoms with Crippen LogP contribution in [0.4, 0.5) is 10.1 Å². The summed E-state index contributed by atoms with van der Waals surface area (Å²) >= 11 is 0. The quantitative estimate of drug-likeness (QED) is 0.696. The van der Waals surface area contributed by atoms with Gasteiger partial charge in [-0.15, -0.1) is 0 Å². The van der Waals surface area contributed by atoms with Crippen molar-refractivity contribution in [2.75, 3.05) is 11.9 Å². The molecule has 4 rings (SSSR count). The predicted molar refractivity (Wildman–Crippen MR) is 95.0 cm³/mol. The van der Waals surface area contributed by atoms with Gasteiger partial charge in [0.05, 0.1) is 6.61 Å². The molecule has 2 N–H and O–H groups in total. The number of amides is 1. The average Bonchev–Trinajstić information content (AvgIpc) is 3.32. The Morgan fingerprint density at radius 3 is 2.92 bits per heavy atom. The molecular weight excluding hydrogens is 319 g/mol. The summed E-state index contributed by atoms with van der Waals surface area (Å²) in [5.41, 5.74) is 2.87. The number of hydrogen-bond acceptors (Lipinski definition) is 2. The van der Waals surface area contributed by atoms with Crippen LogP contribution in [0.15, 0.2) is 48.5 Å². The lowest BCUT2D eigenvalue weighted by Gasteiger charge is -2.07. The lowest BCUT2D eigenvalue weighted by Crippen LogP contribution is -2.12. The Morgan fingerprint density at radius 1 is 1.20 bits per heavy atom. The van der Waals surface area contributed by atoms with Gasteiger partial charge in [0.1, 0.15) is 11.5 Å². The Balaban J connectivity index is 1.43.